The van der Waals surface area contributed by atoms with Crippen LogP contribution in [0.15, 0.2) is 110 Å². The van der Waals surface area contributed by atoms with E-state index in [4.69, 9.17) is 58.8 Å². The fourth-order valence-corrected chi connectivity index (χ4v) is 17.5. The Hall–Kier alpha value is -7.83. The van der Waals surface area contributed by atoms with E-state index in [-0.39, 0.29) is 24.3 Å². The maximum atomic E-state index is 13.2. The van der Waals surface area contributed by atoms with E-state index in [0.29, 0.717) is 17.6 Å². The van der Waals surface area contributed by atoms with E-state index in [2.05, 4.69) is 79.9 Å². The van der Waals surface area contributed by atoms with Gasteiger partial charge in [-0.3, -0.25) is 15.0 Å². The summed E-state index contributed by atoms with van der Waals surface area (Å²) in [5.41, 5.74) is 15.5. The second-order valence-corrected chi connectivity index (χ2v) is 36.2. The number of carboxylic acids is 1. The Kier molecular flexibility index (Phi) is 27.3. The number of thiophene rings is 3. The first kappa shape index (κ1) is 84.6. The van der Waals surface area contributed by atoms with Gasteiger partial charge in [-0.1, -0.05) is 29.8 Å². The van der Waals surface area contributed by atoms with E-state index in [1.807, 2.05) is 171 Å². The molecular formula is C88H107BClN3O14S3. The second-order valence-electron chi connectivity index (χ2n) is 32.0. The highest BCUT2D eigenvalue weighted by Gasteiger charge is 2.52. The van der Waals surface area contributed by atoms with Crippen LogP contribution in [0.1, 0.15) is 207 Å². The number of aromatic nitrogens is 3. The topological polar surface area (TPSA) is 202 Å². The van der Waals surface area contributed by atoms with Crippen LogP contribution in [-0.4, -0.2) is 106 Å². The number of pyridine rings is 3. The van der Waals surface area contributed by atoms with Gasteiger partial charge in [-0.2, -0.15) is 0 Å². The zero-order valence-electron chi connectivity index (χ0n) is 67.7. The van der Waals surface area contributed by atoms with Crippen LogP contribution in [0.4, 0.5) is 0 Å². The van der Waals surface area contributed by atoms with Crippen molar-refractivity contribution in [3.63, 3.8) is 0 Å². The summed E-state index contributed by atoms with van der Waals surface area (Å²) in [6.07, 6.45) is 8.58. The third-order valence-electron chi connectivity index (χ3n) is 19.1. The molecule has 1 saturated heterocycles. The number of nitrogens with zero attached hydrogens (tertiary/aromatic N) is 3. The Morgan fingerprint density at radius 2 is 0.827 bits per heavy atom. The Morgan fingerprint density at radius 3 is 1.19 bits per heavy atom. The highest BCUT2D eigenvalue weighted by Crippen LogP contribution is 2.52. The van der Waals surface area contributed by atoms with Crippen LogP contribution in [0.2, 0.25) is 4.34 Å². The summed E-state index contributed by atoms with van der Waals surface area (Å²) in [5.74, 6) is 1.04. The van der Waals surface area contributed by atoms with Crippen molar-refractivity contribution in [3.05, 3.63) is 179 Å². The van der Waals surface area contributed by atoms with Crippen LogP contribution in [0.5, 0.6) is 17.2 Å². The SMILES string of the molecule is CCOC(=O)C(OC(C)(C)C)c1c(C)sc(-c2ccnc(C)c2)c1-c1ccc2c(c1)CCCO2.CCOC(=O)C(OC(C)(C)C)c1c(C)sc(Cl)c1-c1ccc2c(c1)CCCO2.Cc1cc(-c2sc(C)c(C(OC(C)(C)C)C(=O)O)c2-c2ccc3c(c2)CCCO3)ccn1.Cc1cc(B2OC(C)(C)C(C)(C)O2)ccn1. The lowest BCUT2D eigenvalue weighted by Crippen LogP contribution is -2.41. The molecule has 0 amide bonds. The molecule has 586 valence electrons. The van der Waals surface area contributed by atoms with Gasteiger partial charge in [0.15, 0.2) is 18.3 Å². The highest BCUT2D eigenvalue weighted by atomic mass is 35.5. The van der Waals surface area contributed by atoms with Crippen molar-refractivity contribution in [1.29, 1.82) is 0 Å². The van der Waals surface area contributed by atoms with Crippen molar-refractivity contribution >= 4 is 76.1 Å². The Bertz CT molecular complexity index is 4750. The van der Waals surface area contributed by atoms with Gasteiger partial charge in [-0.25, -0.2) is 14.4 Å². The molecule has 13 rings (SSSR count). The standard InChI is InChI=1S/C28H33NO4S.C26H29NO4S.C22H27ClO4S.C12H18BNO2/c1-7-31-27(30)25(33-28(4,5)6)23-18(3)34-26(21-12-13-29-17(2)15-21)24(23)20-10-11-22-19(16-20)9-8-14-32-22;1-15-13-19(10-11-27-15)24-22(18-8-9-20-17(14-18)7-6-12-30-20)21(16(2)32-24)23(25(28)29)31-26(3,4)5;1-6-25-21(24)19(27-22(3,4)5)17-13(2)28-20(23)18(17)15-9-10-16-14(12-15)8-7-11-26-16;1-9-8-10(6-7-14-9)13-15-11(2,3)12(4,5)16-13/h10-13,15-16,25H,7-9,14H2,1-6H3;8-11,13-14,23H,6-7,12H2,1-5H3,(H,28,29);9-10,12,19H,6-8,11H2,1-5H3;6-8H,1-5H3. The van der Waals surface area contributed by atoms with Gasteiger partial charge in [0.25, 0.3) is 0 Å². The fourth-order valence-electron chi connectivity index (χ4n) is 13.6. The van der Waals surface area contributed by atoms with Crippen molar-refractivity contribution in [2.45, 2.75) is 230 Å². The summed E-state index contributed by atoms with van der Waals surface area (Å²) < 4.78 is 59.4. The van der Waals surface area contributed by atoms with E-state index >= 15 is 0 Å². The van der Waals surface area contributed by atoms with Gasteiger partial charge in [-0.05, 0) is 307 Å². The fraction of sp³-hybridized carbons (Fsp3) is 0.455. The van der Waals surface area contributed by atoms with Crippen LogP contribution in [0.25, 0.3) is 54.3 Å². The molecule has 6 aromatic heterocycles. The molecule has 0 aliphatic carbocycles. The summed E-state index contributed by atoms with van der Waals surface area (Å²) >= 11 is 11.4. The maximum Gasteiger partial charge on any atom is 0.494 e. The van der Waals surface area contributed by atoms with Crippen LogP contribution in [0, 0.1) is 41.5 Å². The first-order valence-corrected chi connectivity index (χ1v) is 40.7. The Morgan fingerprint density at radius 1 is 0.482 bits per heavy atom. The smallest absolute Gasteiger partial charge is 0.493 e. The molecule has 3 aromatic carbocycles. The van der Waals surface area contributed by atoms with Crippen molar-refractivity contribution in [3.8, 4) is 71.5 Å². The van der Waals surface area contributed by atoms with Crippen LogP contribution < -0.4 is 19.7 Å². The minimum absolute atomic E-state index is 0.283. The van der Waals surface area contributed by atoms with Crippen molar-refractivity contribution in [2.24, 2.45) is 0 Å². The number of benzene rings is 3. The van der Waals surface area contributed by atoms with Crippen LogP contribution in [0.3, 0.4) is 0 Å². The summed E-state index contributed by atoms with van der Waals surface area (Å²) in [5, 5.41) is 10.2. The largest absolute Gasteiger partial charge is 0.494 e. The van der Waals surface area contributed by atoms with E-state index in [9.17, 15) is 19.5 Å². The van der Waals surface area contributed by atoms with Crippen molar-refractivity contribution in [2.75, 3.05) is 33.0 Å². The number of hydrogen-bond acceptors (Lipinski definition) is 19. The normalized spacial score (nSPS) is 15.7. The van der Waals surface area contributed by atoms with Gasteiger partial charge in [0.2, 0.25) is 0 Å². The number of carboxylic acid groups (broad SMARTS) is 1. The number of aryl methyl sites for hydroxylation is 9. The van der Waals surface area contributed by atoms with Gasteiger partial charge in [-0.15, -0.1) is 34.0 Å². The lowest BCUT2D eigenvalue weighted by atomic mass is 9.79. The molecule has 17 nitrogen and oxygen atoms in total. The number of rotatable bonds is 17. The van der Waals surface area contributed by atoms with Crippen LogP contribution in [-0.2, 0) is 66.6 Å². The predicted octanol–water partition coefficient (Wildman–Crippen LogP) is 21.0. The third-order valence-corrected chi connectivity index (χ3v) is 22.8. The number of carbonyl (C=O) groups excluding carboxylic acids is 2. The molecule has 0 saturated carbocycles. The molecule has 110 heavy (non-hydrogen) atoms. The zero-order valence-corrected chi connectivity index (χ0v) is 70.9. The van der Waals surface area contributed by atoms with E-state index in [1.165, 1.54) is 22.5 Å². The molecule has 4 aliphatic rings. The Labute approximate surface area is 667 Å². The minimum atomic E-state index is -1.06. The molecule has 4 aliphatic heterocycles. The summed E-state index contributed by atoms with van der Waals surface area (Å²) in [6, 6.07) is 30.7. The van der Waals surface area contributed by atoms with Gasteiger partial charge in [0.1, 0.15) is 21.6 Å². The molecular weight excluding hydrogens is 1470 g/mol. The molecule has 0 spiro atoms. The maximum absolute atomic E-state index is 13.2. The quantitative estimate of drug-likeness (QED) is 0.0665. The van der Waals surface area contributed by atoms with Gasteiger partial charge in [0, 0.05) is 93.4 Å². The lowest BCUT2D eigenvalue weighted by Gasteiger charge is -2.32. The molecule has 0 radical (unpaired) electrons. The molecule has 22 heteroatoms. The molecule has 1 fully saturated rings. The van der Waals surface area contributed by atoms with Gasteiger partial charge in [0.05, 0.1) is 61.0 Å². The molecule has 0 bridgehead atoms. The molecule has 9 aromatic rings. The number of aliphatic carboxylic acids is 1. The average Bonchev–Trinajstić information content (AvgIpc) is 1.62. The predicted molar refractivity (Wildman–Crippen MR) is 442 cm³/mol. The van der Waals surface area contributed by atoms with E-state index < -0.39 is 47.1 Å². The summed E-state index contributed by atoms with van der Waals surface area (Å²) in [4.78, 5) is 56.4. The number of ether oxygens (including phenoxy) is 8. The number of fused-ring (bicyclic) bond motifs is 3. The second kappa shape index (κ2) is 35.5. The van der Waals surface area contributed by atoms with Crippen molar-refractivity contribution in [1.82, 2.24) is 15.0 Å². The zero-order chi connectivity index (χ0) is 79.9. The molecule has 3 atom stereocenters. The van der Waals surface area contributed by atoms with E-state index in [1.54, 1.807) is 42.0 Å². The minimum Gasteiger partial charge on any atom is -0.493 e. The van der Waals surface area contributed by atoms with Gasteiger partial charge < -0.3 is 52.3 Å². The first-order chi connectivity index (χ1) is 51.8. The van der Waals surface area contributed by atoms with Gasteiger partial charge >= 0.3 is 25.0 Å². The van der Waals surface area contributed by atoms with Crippen LogP contribution >= 0.6 is 45.6 Å². The highest BCUT2D eigenvalue weighted by molar-refractivity contribution is 7.17. The summed E-state index contributed by atoms with van der Waals surface area (Å²) in [7, 11) is -0.285. The number of carbonyl (C=O) groups is 3. The lowest BCUT2D eigenvalue weighted by molar-refractivity contribution is -0.167. The molecule has 3 unspecified atom stereocenters. The molecule has 1 N–H and O–H groups in total. The van der Waals surface area contributed by atoms with Crippen molar-refractivity contribution < 1.29 is 66.7 Å². The third kappa shape index (κ3) is 20.7. The number of hydrogen-bond donors (Lipinski definition) is 1. The average molecular weight is 1570 g/mol. The Balaban J connectivity index is 0.000000160. The number of esters is 2. The summed E-state index contributed by atoms with van der Waals surface area (Å²) in [6.45, 7) is 43.9. The first-order valence-electron chi connectivity index (χ1n) is 37.9. The molecule has 10 heterocycles. The number of halogens is 1. The van der Waals surface area contributed by atoms with E-state index in [0.717, 1.165) is 189 Å². The monoisotopic (exact) mass is 1570 g/mol.